The molecular formula is C62H124O5Si5. The molecule has 3 saturated carbocycles. The summed E-state index contributed by atoms with van der Waals surface area (Å²) in [6.45, 7) is 62.6. The molecule has 422 valence electrons. The van der Waals surface area contributed by atoms with E-state index < -0.39 is 41.6 Å². The first-order chi connectivity index (χ1) is 33.1. The van der Waals surface area contributed by atoms with Crippen LogP contribution in [0.3, 0.4) is 0 Å². The van der Waals surface area contributed by atoms with E-state index in [4.69, 9.17) is 28.7 Å². The number of hydrogen-bond acceptors (Lipinski definition) is 5. The van der Waals surface area contributed by atoms with Gasteiger partial charge in [-0.2, -0.15) is 0 Å². The molecule has 0 N–H and O–H groups in total. The lowest BCUT2D eigenvalue weighted by Gasteiger charge is -2.48. The van der Waals surface area contributed by atoms with Gasteiger partial charge in [-0.25, -0.2) is 0 Å². The van der Waals surface area contributed by atoms with Crippen LogP contribution in [0.2, 0.25) is 90.7 Å². The summed E-state index contributed by atoms with van der Waals surface area (Å²) in [5.74, 6) is 1.96. The molecule has 0 unspecified atom stereocenters. The fourth-order valence-corrected chi connectivity index (χ4v) is 25.6. The van der Waals surface area contributed by atoms with Gasteiger partial charge in [0.1, 0.15) is 0 Å². The van der Waals surface area contributed by atoms with Gasteiger partial charge in [0.2, 0.25) is 0 Å². The lowest BCUT2D eigenvalue weighted by molar-refractivity contribution is -0.0376. The van der Waals surface area contributed by atoms with E-state index in [1.165, 1.54) is 117 Å². The van der Waals surface area contributed by atoms with E-state index in [0.717, 1.165) is 25.7 Å². The first-order valence-corrected chi connectivity index (χ1v) is 44.1. The van der Waals surface area contributed by atoms with Gasteiger partial charge in [0.15, 0.2) is 41.6 Å². The molecule has 10 heteroatoms. The van der Waals surface area contributed by atoms with Crippen LogP contribution in [0, 0.1) is 23.2 Å². The van der Waals surface area contributed by atoms with Crippen molar-refractivity contribution in [3.63, 3.8) is 0 Å². The zero-order valence-corrected chi connectivity index (χ0v) is 57.7. The second kappa shape index (κ2) is 26.4. The quantitative estimate of drug-likeness (QED) is 0.0699. The van der Waals surface area contributed by atoms with Crippen LogP contribution in [-0.4, -0.2) is 71.1 Å². The van der Waals surface area contributed by atoms with Crippen molar-refractivity contribution < 1.29 is 22.1 Å². The molecule has 0 saturated heterocycles. The van der Waals surface area contributed by atoms with Gasteiger partial charge in [-0.1, -0.05) is 148 Å². The third kappa shape index (κ3) is 16.3. The summed E-state index contributed by atoms with van der Waals surface area (Å²) in [5.41, 5.74) is 4.12. The van der Waals surface area contributed by atoms with Crippen molar-refractivity contribution in [1.29, 1.82) is 0 Å². The minimum absolute atomic E-state index is 0.0000253. The Morgan fingerprint density at radius 1 is 0.639 bits per heavy atom. The Balaban J connectivity index is 2.11. The third-order valence-electron chi connectivity index (χ3n) is 21.4. The Kier molecular flexibility index (Phi) is 24.3. The predicted octanol–water partition coefficient (Wildman–Crippen LogP) is 20.7. The molecule has 3 fully saturated rings. The highest BCUT2D eigenvalue weighted by atomic mass is 28.4. The average molecular weight is 1090 g/mol. The standard InChI is InChI=1S/C62H124O5Si5/c1-26-70(27-2,28-3)65-57(61(19,20)67-72(32-7,33-8)34-9)44-41-51(37-35-45-60(17,18)66-71(29-4,30-5)31-6)55-43-42-54-50(38-36-46-62(54,55)21)39-40-52-47-53(63-68(22,23)58(11,12)13)48-56(49(52)10)64-69(24,25)59(14,15)16/h39-40,51,53-57H,10,26-38,41-48H2,1-9,11-25H3/t51-,53+,54+,55+,56-,57+,62-/m0/s1. The van der Waals surface area contributed by atoms with Crippen molar-refractivity contribution in [2.24, 2.45) is 23.2 Å². The van der Waals surface area contributed by atoms with Gasteiger partial charge in [-0.05, 0) is 210 Å². The maximum Gasteiger partial charge on any atom is 0.192 e. The molecule has 0 aromatic carbocycles. The predicted molar refractivity (Wildman–Crippen MR) is 330 cm³/mol. The van der Waals surface area contributed by atoms with E-state index in [1.807, 2.05) is 0 Å². The Hall–Kier alpha value is 0.104. The molecule has 3 aliphatic carbocycles. The van der Waals surface area contributed by atoms with Gasteiger partial charge >= 0.3 is 0 Å². The Morgan fingerprint density at radius 3 is 1.64 bits per heavy atom. The third-order valence-corrected chi connectivity index (χ3v) is 44.8. The summed E-state index contributed by atoms with van der Waals surface area (Å²) in [6, 6.07) is 10.7. The summed E-state index contributed by atoms with van der Waals surface area (Å²) < 4.78 is 37.1. The molecule has 7 atom stereocenters. The van der Waals surface area contributed by atoms with Crippen molar-refractivity contribution in [3.8, 4) is 0 Å². The Labute approximate surface area is 455 Å². The van der Waals surface area contributed by atoms with Crippen molar-refractivity contribution in [2.45, 2.75) is 336 Å². The lowest BCUT2D eigenvalue weighted by atomic mass is 9.60. The van der Waals surface area contributed by atoms with Gasteiger partial charge in [0, 0.05) is 6.42 Å². The van der Waals surface area contributed by atoms with Gasteiger partial charge < -0.3 is 22.1 Å². The molecule has 0 aliphatic heterocycles. The second-order valence-electron chi connectivity index (χ2n) is 28.5. The average Bonchev–Trinajstić information content (AvgIpc) is 3.66. The summed E-state index contributed by atoms with van der Waals surface area (Å²) in [5, 5.41) is 0.282. The fraction of sp³-hybridized carbons (Fsp3) is 0.903. The van der Waals surface area contributed by atoms with E-state index in [1.54, 1.807) is 5.57 Å². The van der Waals surface area contributed by atoms with E-state index in [-0.39, 0.29) is 45.0 Å². The monoisotopic (exact) mass is 1090 g/mol. The van der Waals surface area contributed by atoms with Crippen LogP contribution in [0.15, 0.2) is 35.5 Å². The molecule has 3 rings (SSSR count). The molecule has 72 heavy (non-hydrogen) atoms. The zero-order chi connectivity index (χ0) is 55.0. The van der Waals surface area contributed by atoms with Crippen molar-refractivity contribution in [1.82, 2.24) is 0 Å². The molecule has 5 nitrogen and oxygen atoms in total. The molecule has 0 aromatic rings. The highest BCUT2D eigenvalue weighted by Crippen LogP contribution is 2.61. The Bertz CT molecular complexity index is 1720. The van der Waals surface area contributed by atoms with E-state index in [2.05, 4.69) is 177 Å². The van der Waals surface area contributed by atoms with E-state index in [9.17, 15) is 0 Å². The molecule has 0 aromatic heterocycles. The minimum Gasteiger partial charge on any atom is -0.413 e. The van der Waals surface area contributed by atoms with Gasteiger partial charge in [0.25, 0.3) is 0 Å². The zero-order valence-electron chi connectivity index (χ0n) is 52.7. The van der Waals surface area contributed by atoms with E-state index in [0.29, 0.717) is 17.8 Å². The van der Waals surface area contributed by atoms with E-state index >= 15 is 0 Å². The van der Waals surface area contributed by atoms with Gasteiger partial charge in [-0.15, -0.1) is 0 Å². The van der Waals surface area contributed by atoms with Crippen molar-refractivity contribution in [3.05, 3.63) is 35.5 Å². The van der Waals surface area contributed by atoms with Crippen molar-refractivity contribution >= 4 is 41.6 Å². The molecule has 3 aliphatic rings. The second-order valence-corrected chi connectivity index (χ2v) is 52.1. The van der Waals surface area contributed by atoms with Crippen LogP contribution in [0.4, 0.5) is 0 Å². The van der Waals surface area contributed by atoms with Crippen LogP contribution in [0.25, 0.3) is 0 Å². The number of fused-ring (bicyclic) bond motifs is 1. The largest absolute Gasteiger partial charge is 0.413 e. The smallest absolute Gasteiger partial charge is 0.192 e. The molecule has 0 bridgehead atoms. The number of rotatable bonds is 29. The fourth-order valence-electron chi connectivity index (χ4n) is 13.6. The molecule has 0 amide bonds. The summed E-state index contributed by atoms with van der Waals surface area (Å²) >= 11 is 0. The van der Waals surface area contributed by atoms with Gasteiger partial charge in [0.05, 0.1) is 29.5 Å². The first kappa shape index (κ1) is 66.4. The number of allylic oxidation sites excluding steroid dienone is 3. The van der Waals surface area contributed by atoms with Gasteiger partial charge in [-0.3, -0.25) is 0 Å². The summed E-state index contributed by atoms with van der Waals surface area (Å²) in [6.07, 6.45) is 19.6. The van der Waals surface area contributed by atoms with Crippen LogP contribution >= 0.6 is 0 Å². The minimum atomic E-state index is -2.05. The lowest BCUT2D eigenvalue weighted by Crippen LogP contribution is -2.54. The highest BCUT2D eigenvalue weighted by molar-refractivity contribution is 6.75. The maximum atomic E-state index is 7.73. The topological polar surface area (TPSA) is 46.2 Å². The summed E-state index contributed by atoms with van der Waals surface area (Å²) in [7, 11) is -9.60. The molecular weight excluding hydrogens is 965 g/mol. The summed E-state index contributed by atoms with van der Waals surface area (Å²) in [4.78, 5) is 0. The molecule has 0 radical (unpaired) electrons. The maximum absolute atomic E-state index is 7.73. The van der Waals surface area contributed by atoms with Crippen LogP contribution in [0.5, 0.6) is 0 Å². The van der Waals surface area contributed by atoms with Crippen LogP contribution < -0.4 is 0 Å². The Morgan fingerprint density at radius 2 is 1.14 bits per heavy atom. The molecule has 0 spiro atoms. The van der Waals surface area contributed by atoms with Crippen LogP contribution in [-0.2, 0) is 22.1 Å². The first-order valence-electron chi connectivity index (χ1n) is 30.7. The highest BCUT2D eigenvalue weighted by Gasteiger charge is 2.53. The van der Waals surface area contributed by atoms with Crippen LogP contribution in [0.1, 0.15) is 216 Å². The normalized spacial score (nSPS) is 25.6. The molecule has 0 heterocycles. The van der Waals surface area contributed by atoms with Crippen molar-refractivity contribution in [2.75, 3.05) is 0 Å². The number of hydrogen-bond donors (Lipinski definition) is 0. The SMILES string of the molecule is C=C1C(=CC=C2CCC[C@@]3(C)[C@@H]2CC[C@@H]3[C@@H](CCCC(C)(C)O[Si](CC)(CC)CC)CC[C@@H](O[Si](CC)(CC)CC)C(C)(C)O[Si](CC)(CC)CC)C[C@@H](O[Si](C)(C)C(C)(C)C)C[C@@H]1O[Si](C)(C)C(C)(C)C.